The van der Waals surface area contributed by atoms with Gasteiger partial charge in [-0.15, -0.1) is 0 Å². The topological polar surface area (TPSA) is 59.2 Å². The number of carbonyl (C=O) groups excluding carboxylic acids is 1. The molecule has 2 heterocycles. The number of nitrogens with zero attached hydrogens (tertiary/aromatic N) is 3. The smallest absolute Gasteiger partial charge is 0.234 e. The van der Waals surface area contributed by atoms with E-state index in [1.807, 2.05) is 48.5 Å². The first kappa shape index (κ1) is 16.5. The van der Waals surface area contributed by atoms with Crippen molar-refractivity contribution in [1.82, 2.24) is 10.1 Å². The maximum Gasteiger partial charge on any atom is 0.234 e. The minimum Gasteiger partial charge on any atom is -0.339 e. The summed E-state index contributed by atoms with van der Waals surface area (Å²) < 4.78 is 5.57. The molecule has 0 saturated carbocycles. The van der Waals surface area contributed by atoms with Gasteiger partial charge in [0.1, 0.15) is 0 Å². The van der Waals surface area contributed by atoms with Gasteiger partial charge in [0.05, 0.1) is 5.92 Å². The Bertz CT molecular complexity index is 877. The molecular formula is C21H21N3O2. The highest BCUT2D eigenvalue weighted by Gasteiger charge is 2.35. The Balaban J connectivity index is 1.54. The molecule has 0 aliphatic carbocycles. The molecule has 4 rings (SSSR count). The van der Waals surface area contributed by atoms with Crippen LogP contribution in [0.5, 0.6) is 0 Å². The van der Waals surface area contributed by atoms with Gasteiger partial charge in [-0.2, -0.15) is 4.98 Å². The summed E-state index contributed by atoms with van der Waals surface area (Å²) in [7, 11) is 0. The van der Waals surface area contributed by atoms with E-state index >= 15 is 0 Å². The van der Waals surface area contributed by atoms with Crippen molar-refractivity contribution in [3.63, 3.8) is 0 Å². The van der Waals surface area contributed by atoms with Gasteiger partial charge in [0.15, 0.2) is 5.82 Å². The monoisotopic (exact) mass is 347 g/mol. The first-order valence-electron chi connectivity index (χ1n) is 9.00. The Morgan fingerprint density at radius 1 is 1.12 bits per heavy atom. The van der Waals surface area contributed by atoms with Crippen LogP contribution >= 0.6 is 0 Å². The van der Waals surface area contributed by atoms with Crippen LogP contribution in [0.3, 0.4) is 0 Å². The highest BCUT2D eigenvalue weighted by Crippen LogP contribution is 2.32. The van der Waals surface area contributed by atoms with E-state index in [2.05, 4.69) is 29.2 Å². The molecule has 5 heteroatoms. The quantitative estimate of drug-likeness (QED) is 0.696. The van der Waals surface area contributed by atoms with Gasteiger partial charge in [-0.05, 0) is 24.1 Å². The summed E-state index contributed by atoms with van der Waals surface area (Å²) in [5.74, 6) is 1.40. The maximum absolute atomic E-state index is 12.4. The molecule has 0 bridgehead atoms. The average molecular weight is 347 g/mol. The lowest BCUT2D eigenvalue weighted by Crippen LogP contribution is -2.24. The molecule has 0 N–H and O–H groups in total. The van der Waals surface area contributed by atoms with Crippen LogP contribution in [0.15, 0.2) is 65.2 Å². The molecule has 2 aromatic carbocycles. The van der Waals surface area contributed by atoms with E-state index in [-0.39, 0.29) is 17.7 Å². The van der Waals surface area contributed by atoms with Crippen LogP contribution in [0, 0.1) is 0 Å². The normalized spacial score (nSPS) is 18.3. The molecule has 2 atom stereocenters. The Morgan fingerprint density at radius 2 is 1.81 bits per heavy atom. The zero-order valence-corrected chi connectivity index (χ0v) is 14.7. The minimum absolute atomic E-state index is 0.0338. The minimum atomic E-state index is -0.0338. The van der Waals surface area contributed by atoms with E-state index in [0.717, 1.165) is 12.1 Å². The Hall–Kier alpha value is -2.95. The third kappa shape index (κ3) is 3.12. The molecule has 1 fully saturated rings. The molecule has 0 radical (unpaired) electrons. The van der Waals surface area contributed by atoms with E-state index in [9.17, 15) is 4.79 Å². The van der Waals surface area contributed by atoms with E-state index in [4.69, 9.17) is 4.52 Å². The maximum atomic E-state index is 12.4. The Morgan fingerprint density at radius 3 is 2.50 bits per heavy atom. The van der Waals surface area contributed by atoms with Gasteiger partial charge in [0.25, 0.3) is 0 Å². The number of amides is 1. The van der Waals surface area contributed by atoms with Crippen molar-refractivity contribution in [2.75, 3.05) is 11.4 Å². The van der Waals surface area contributed by atoms with Gasteiger partial charge < -0.3 is 9.42 Å². The number of hydrogen-bond acceptors (Lipinski definition) is 4. The predicted octanol–water partition coefficient (Wildman–Crippen LogP) is 4.13. The molecule has 1 aliphatic heterocycles. The standard InChI is InChI=1S/C21H21N3O2/c1-2-18(15-9-5-3-6-10-15)21-22-20(23-26-21)16-13-19(25)24(14-16)17-11-7-4-8-12-17/h3-12,16,18H,2,13-14H2,1H3/t16-,18+/m0/s1. The second-order valence-corrected chi connectivity index (χ2v) is 6.60. The summed E-state index contributed by atoms with van der Waals surface area (Å²) in [6.45, 7) is 2.70. The van der Waals surface area contributed by atoms with Crippen molar-refractivity contribution in [3.8, 4) is 0 Å². The van der Waals surface area contributed by atoms with Crippen molar-refractivity contribution < 1.29 is 9.32 Å². The van der Waals surface area contributed by atoms with Crippen LogP contribution in [-0.2, 0) is 4.79 Å². The lowest BCUT2D eigenvalue weighted by Gasteiger charge is -2.15. The van der Waals surface area contributed by atoms with Gasteiger partial charge in [-0.1, -0.05) is 60.6 Å². The van der Waals surface area contributed by atoms with Crippen LogP contribution in [0.2, 0.25) is 0 Å². The highest BCUT2D eigenvalue weighted by atomic mass is 16.5. The Kier molecular flexibility index (Phi) is 4.52. The first-order valence-corrected chi connectivity index (χ1v) is 9.00. The molecular weight excluding hydrogens is 326 g/mol. The van der Waals surface area contributed by atoms with Gasteiger partial charge in [-0.25, -0.2) is 0 Å². The van der Waals surface area contributed by atoms with E-state index in [1.54, 1.807) is 4.90 Å². The summed E-state index contributed by atoms with van der Waals surface area (Å²) in [6.07, 6.45) is 1.29. The van der Waals surface area contributed by atoms with Crippen LogP contribution in [0.1, 0.15) is 48.9 Å². The third-order valence-corrected chi connectivity index (χ3v) is 4.92. The van der Waals surface area contributed by atoms with Crippen molar-refractivity contribution >= 4 is 11.6 Å². The molecule has 1 aliphatic rings. The SMILES string of the molecule is CC[C@H](c1ccccc1)c1nc([C@H]2CC(=O)N(c3ccccc3)C2)no1. The molecule has 0 spiro atoms. The fraction of sp³-hybridized carbons (Fsp3) is 0.286. The largest absolute Gasteiger partial charge is 0.339 e. The summed E-state index contributed by atoms with van der Waals surface area (Å²) in [6, 6.07) is 19.9. The average Bonchev–Trinajstić information content (AvgIpc) is 3.31. The van der Waals surface area contributed by atoms with Crippen molar-refractivity contribution in [3.05, 3.63) is 77.9 Å². The summed E-state index contributed by atoms with van der Waals surface area (Å²) in [5.41, 5.74) is 2.08. The van der Waals surface area contributed by atoms with Crippen LogP contribution in [-0.4, -0.2) is 22.6 Å². The number of para-hydroxylation sites is 1. The van der Waals surface area contributed by atoms with Gasteiger partial charge in [0, 0.05) is 24.6 Å². The Labute approximate surface area is 152 Å². The zero-order valence-electron chi connectivity index (χ0n) is 14.7. The molecule has 1 amide bonds. The van der Waals surface area contributed by atoms with E-state index in [1.165, 1.54) is 5.56 Å². The molecule has 132 valence electrons. The lowest BCUT2D eigenvalue weighted by atomic mass is 9.96. The molecule has 1 aromatic heterocycles. The molecule has 0 unspecified atom stereocenters. The fourth-order valence-corrected chi connectivity index (χ4v) is 3.53. The number of benzene rings is 2. The summed E-state index contributed by atoms with van der Waals surface area (Å²) >= 11 is 0. The van der Waals surface area contributed by atoms with Crippen molar-refractivity contribution in [2.45, 2.75) is 31.6 Å². The number of aromatic nitrogens is 2. The number of anilines is 1. The zero-order chi connectivity index (χ0) is 17.9. The highest BCUT2D eigenvalue weighted by molar-refractivity contribution is 5.96. The second kappa shape index (κ2) is 7.12. The summed E-state index contributed by atoms with van der Waals surface area (Å²) in [5, 5.41) is 4.19. The second-order valence-electron chi connectivity index (χ2n) is 6.60. The van der Waals surface area contributed by atoms with Crippen molar-refractivity contribution in [2.24, 2.45) is 0 Å². The number of carbonyl (C=O) groups is 1. The molecule has 1 saturated heterocycles. The van der Waals surface area contributed by atoms with Gasteiger partial charge in [0.2, 0.25) is 11.8 Å². The van der Waals surface area contributed by atoms with E-state index in [0.29, 0.717) is 24.7 Å². The van der Waals surface area contributed by atoms with Crippen LogP contribution in [0.4, 0.5) is 5.69 Å². The van der Waals surface area contributed by atoms with Crippen LogP contribution in [0.25, 0.3) is 0 Å². The molecule has 3 aromatic rings. The third-order valence-electron chi connectivity index (χ3n) is 4.92. The van der Waals surface area contributed by atoms with E-state index < -0.39 is 0 Å². The number of hydrogen-bond donors (Lipinski definition) is 0. The van der Waals surface area contributed by atoms with Crippen molar-refractivity contribution in [1.29, 1.82) is 0 Å². The molecule has 26 heavy (non-hydrogen) atoms. The fourth-order valence-electron chi connectivity index (χ4n) is 3.53. The van der Waals surface area contributed by atoms with Gasteiger partial charge in [-0.3, -0.25) is 4.79 Å². The predicted molar refractivity (Wildman–Crippen MR) is 99.0 cm³/mol. The number of rotatable bonds is 5. The summed E-state index contributed by atoms with van der Waals surface area (Å²) in [4.78, 5) is 18.9. The molecule has 5 nitrogen and oxygen atoms in total. The van der Waals surface area contributed by atoms with Gasteiger partial charge >= 0.3 is 0 Å². The lowest BCUT2D eigenvalue weighted by molar-refractivity contribution is -0.117. The first-order chi connectivity index (χ1) is 12.8. The van der Waals surface area contributed by atoms with Crippen LogP contribution < -0.4 is 4.90 Å².